The molecule has 1 aliphatic heterocycles. The van der Waals surface area contributed by atoms with Gasteiger partial charge in [0, 0.05) is 31.6 Å². The van der Waals surface area contributed by atoms with E-state index >= 15 is 0 Å². The van der Waals surface area contributed by atoms with Crippen molar-refractivity contribution in [2.24, 2.45) is 7.05 Å². The van der Waals surface area contributed by atoms with Gasteiger partial charge in [-0.1, -0.05) is 0 Å². The number of Topliss-reactive ketones (excluding diaryl/α,β-unsaturated/α-hetero) is 1. The van der Waals surface area contributed by atoms with Crippen LogP contribution in [0.15, 0.2) is 35.4 Å². The van der Waals surface area contributed by atoms with Crippen LogP contribution < -0.4 is 5.69 Å². The minimum absolute atomic E-state index is 0.125. The quantitative estimate of drug-likeness (QED) is 0.757. The fourth-order valence-electron chi connectivity index (χ4n) is 3.09. The number of aryl methyl sites for hydroxylation is 1. The molecule has 0 radical (unpaired) electrons. The first-order valence-electron chi connectivity index (χ1n) is 8.12. The zero-order valence-corrected chi connectivity index (χ0v) is 13.9. The van der Waals surface area contributed by atoms with Crippen LogP contribution in [0.3, 0.4) is 0 Å². The molecule has 0 saturated carbocycles. The predicted octanol–water partition coefficient (Wildman–Crippen LogP) is 0.985. The van der Waals surface area contributed by atoms with Crippen molar-refractivity contribution in [3.63, 3.8) is 0 Å². The molecular weight excluding hydrogens is 327 g/mol. The largest absolute Gasteiger partial charge is 0.345 e. The Morgan fingerprint density at radius 1 is 1.28 bits per heavy atom. The van der Waals surface area contributed by atoms with E-state index in [4.69, 9.17) is 0 Å². The van der Waals surface area contributed by atoms with Crippen molar-refractivity contribution >= 4 is 11.7 Å². The first kappa shape index (κ1) is 17.1. The molecule has 0 spiro atoms. The lowest BCUT2D eigenvalue weighted by Crippen LogP contribution is -2.40. The van der Waals surface area contributed by atoms with E-state index in [0.29, 0.717) is 12.1 Å². The fourth-order valence-corrected chi connectivity index (χ4v) is 3.09. The van der Waals surface area contributed by atoms with E-state index in [1.54, 1.807) is 11.9 Å². The van der Waals surface area contributed by atoms with Gasteiger partial charge in [0.25, 0.3) is 0 Å². The van der Waals surface area contributed by atoms with Gasteiger partial charge in [0.05, 0.1) is 0 Å². The zero-order valence-electron chi connectivity index (χ0n) is 13.9. The Kier molecular flexibility index (Phi) is 4.78. The predicted molar refractivity (Wildman–Crippen MR) is 87.6 cm³/mol. The number of carbonyl (C=O) groups is 2. The van der Waals surface area contributed by atoms with Crippen LogP contribution in [-0.4, -0.2) is 43.5 Å². The van der Waals surface area contributed by atoms with Crippen LogP contribution in [0.2, 0.25) is 0 Å². The van der Waals surface area contributed by atoms with Gasteiger partial charge in [-0.15, -0.1) is 0 Å². The molecule has 1 saturated heterocycles. The highest BCUT2D eigenvalue weighted by molar-refractivity contribution is 5.96. The number of hydrogen-bond donors (Lipinski definition) is 0. The minimum atomic E-state index is -0.393. The lowest BCUT2D eigenvalue weighted by atomic mass is 10.0. The molecule has 0 unspecified atom stereocenters. The van der Waals surface area contributed by atoms with E-state index < -0.39 is 5.82 Å². The Balaban J connectivity index is 1.66. The number of aromatic nitrogens is 3. The van der Waals surface area contributed by atoms with Crippen LogP contribution >= 0.6 is 0 Å². The summed E-state index contributed by atoms with van der Waals surface area (Å²) >= 11 is 0. The molecule has 25 heavy (non-hydrogen) atoms. The smallest absolute Gasteiger partial charge is 0.338 e. The highest BCUT2D eigenvalue weighted by Gasteiger charge is 2.31. The van der Waals surface area contributed by atoms with Crippen LogP contribution in [0, 0.1) is 5.82 Å². The van der Waals surface area contributed by atoms with Crippen molar-refractivity contribution in [1.82, 2.24) is 19.2 Å². The molecule has 1 aliphatic rings. The van der Waals surface area contributed by atoms with Gasteiger partial charge in [0.15, 0.2) is 5.78 Å². The number of carbonyl (C=O) groups excluding carboxylic acids is 2. The Morgan fingerprint density at radius 3 is 2.64 bits per heavy atom. The summed E-state index contributed by atoms with van der Waals surface area (Å²) in [5.41, 5.74) is 0.0770. The molecule has 1 amide bonds. The number of amides is 1. The van der Waals surface area contributed by atoms with E-state index in [1.165, 1.54) is 35.2 Å². The van der Waals surface area contributed by atoms with Gasteiger partial charge < -0.3 is 4.90 Å². The summed E-state index contributed by atoms with van der Waals surface area (Å²) < 4.78 is 15.4. The number of hydrogen-bond acceptors (Lipinski definition) is 4. The van der Waals surface area contributed by atoms with Gasteiger partial charge in [-0.25, -0.2) is 13.9 Å². The zero-order chi connectivity index (χ0) is 18.0. The van der Waals surface area contributed by atoms with Gasteiger partial charge in [-0.3, -0.25) is 14.2 Å². The summed E-state index contributed by atoms with van der Waals surface area (Å²) in [5.74, 6) is -0.745. The van der Waals surface area contributed by atoms with Crippen molar-refractivity contribution in [1.29, 1.82) is 0 Å². The third-order valence-corrected chi connectivity index (χ3v) is 4.46. The van der Waals surface area contributed by atoms with Crippen LogP contribution in [0.25, 0.3) is 0 Å². The Bertz CT molecular complexity index is 840. The molecule has 7 nitrogen and oxygen atoms in total. The molecule has 1 aromatic heterocycles. The van der Waals surface area contributed by atoms with Crippen LogP contribution in [0.1, 0.15) is 29.6 Å². The Morgan fingerprint density at radius 2 is 2.00 bits per heavy atom. The standard InChI is InChI=1S/C17H19FN4O3/c1-20-11-19-22(17(20)25)10-16(24)21-8-2-3-14(21)9-15(23)12-4-6-13(18)7-5-12/h4-7,11,14H,2-3,8-10H2,1H3/t14-/m0/s1. The van der Waals surface area contributed by atoms with Crippen molar-refractivity contribution in [2.75, 3.05) is 6.54 Å². The maximum absolute atomic E-state index is 13.0. The van der Waals surface area contributed by atoms with Crippen molar-refractivity contribution in [3.8, 4) is 0 Å². The van der Waals surface area contributed by atoms with E-state index in [9.17, 15) is 18.8 Å². The molecule has 0 bridgehead atoms. The average molecular weight is 346 g/mol. The number of likely N-dealkylation sites (tertiary alicyclic amines) is 1. The normalized spacial score (nSPS) is 17.0. The first-order valence-corrected chi connectivity index (χ1v) is 8.12. The summed E-state index contributed by atoms with van der Waals surface area (Å²) in [7, 11) is 1.57. The summed E-state index contributed by atoms with van der Waals surface area (Å²) in [6.07, 6.45) is 3.09. The molecule has 1 fully saturated rings. The van der Waals surface area contributed by atoms with Crippen LogP contribution in [-0.2, 0) is 18.4 Å². The average Bonchev–Trinajstić information content (AvgIpc) is 3.17. The molecule has 3 rings (SSSR count). The highest BCUT2D eigenvalue weighted by Crippen LogP contribution is 2.22. The van der Waals surface area contributed by atoms with E-state index in [2.05, 4.69) is 5.10 Å². The minimum Gasteiger partial charge on any atom is -0.338 e. The van der Waals surface area contributed by atoms with Gasteiger partial charge in [-0.2, -0.15) is 5.10 Å². The maximum atomic E-state index is 13.0. The second-order valence-corrected chi connectivity index (χ2v) is 6.20. The molecule has 2 aromatic rings. The maximum Gasteiger partial charge on any atom is 0.345 e. The molecule has 132 valence electrons. The number of halogens is 1. The fraction of sp³-hybridized carbons (Fsp3) is 0.412. The van der Waals surface area contributed by atoms with Gasteiger partial charge >= 0.3 is 5.69 Å². The van der Waals surface area contributed by atoms with E-state index in [0.717, 1.165) is 17.5 Å². The van der Waals surface area contributed by atoms with E-state index in [1.807, 2.05) is 0 Å². The molecular formula is C17H19FN4O3. The SMILES string of the molecule is Cn1cnn(CC(=O)N2CCC[C@H]2CC(=O)c2ccc(F)cc2)c1=O. The third kappa shape index (κ3) is 3.67. The van der Waals surface area contributed by atoms with Gasteiger partial charge in [0.1, 0.15) is 18.7 Å². The van der Waals surface area contributed by atoms with Crippen molar-refractivity contribution in [2.45, 2.75) is 31.8 Å². The molecule has 0 aliphatic carbocycles. The monoisotopic (exact) mass is 346 g/mol. The number of benzene rings is 1. The third-order valence-electron chi connectivity index (χ3n) is 4.46. The van der Waals surface area contributed by atoms with Crippen LogP contribution in [0.4, 0.5) is 4.39 Å². The van der Waals surface area contributed by atoms with Crippen molar-refractivity contribution < 1.29 is 14.0 Å². The molecule has 8 heteroatoms. The van der Waals surface area contributed by atoms with Gasteiger partial charge in [0.2, 0.25) is 5.91 Å². The van der Waals surface area contributed by atoms with Gasteiger partial charge in [-0.05, 0) is 37.1 Å². The molecule has 0 N–H and O–H groups in total. The summed E-state index contributed by atoms with van der Waals surface area (Å²) in [5, 5.41) is 3.89. The van der Waals surface area contributed by atoms with E-state index in [-0.39, 0.29) is 36.4 Å². The Labute approximate surface area is 143 Å². The van der Waals surface area contributed by atoms with Crippen LogP contribution in [0.5, 0.6) is 0 Å². The molecule has 1 aromatic carbocycles. The topological polar surface area (TPSA) is 77.2 Å². The number of ketones is 1. The second-order valence-electron chi connectivity index (χ2n) is 6.20. The lowest BCUT2D eigenvalue weighted by Gasteiger charge is -2.24. The summed E-state index contributed by atoms with van der Waals surface area (Å²) in [6, 6.07) is 5.19. The lowest BCUT2D eigenvalue weighted by molar-refractivity contribution is -0.132. The first-order chi connectivity index (χ1) is 12.0. The summed E-state index contributed by atoms with van der Waals surface area (Å²) in [6.45, 7) is 0.419. The Hall–Kier alpha value is -2.77. The molecule has 2 heterocycles. The van der Waals surface area contributed by atoms with Crippen molar-refractivity contribution in [3.05, 3.63) is 52.5 Å². The molecule has 1 atom stereocenters. The highest BCUT2D eigenvalue weighted by atomic mass is 19.1. The number of rotatable bonds is 5. The summed E-state index contributed by atoms with van der Waals surface area (Å²) in [4.78, 5) is 38.3. The second kappa shape index (κ2) is 7.00. The number of nitrogens with zero attached hydrogens (tertiary/aromatic N) is 4.